The Kier molecular flexibility index (Phi) is 4.56. The maximum absolute atomic E-state index is 12.4. The van der Waals surface area contributed by atoms with Crippen LogP contribution in [0.15, 0.2) is 42.9 Å². The average Bonchev–Trinajstić information content (AvgIpc) is 3.06. The van der Waals surface area contributed by atoms with Crippen LogP contribution in [0.4, 0.5) is 11.6 Å². The molecule has 134 valence electrons. The second-order valence-electron chi connectivity index (χ2n) is 7.03. The summed E-state index contributed by atoms with van der Waals surface area (Å²) in [4.78, 5) is 26.6. The zero-order valence-corrected chi connectivity index (χ0v) is 14.9. The van der Waals surface area contributed by atoms with Crippen molar-refractivity contribution in [2.24, 2.45) is 5.92 Å². The van der Waals surface area contributed by atoms with Crippen molar-refractivity contribution < 1.29 is 4.79 Å². The molecule has 1 amide bonds. The molecule has 0 bridgehead atoms. The van der Waals surface area contributed by atoms with Crippen LogP contribution in [-0.4, -0.2) is 33.9 Å². The second-order valence-corrected chi connectivity index (χ2v) is 7.03. The van der Waals surface area contributed by atoms with E-state index in [4.69, 9.17) is 0 Å². The number of fused-ring (bicyclic) bond motifs is 1. The number of H-pyrrole nitrogens is 1. The van der Waals surface area contributed by atoms with Gasteiger partial charge in [-0.15, -0.1) is 0 Å². The summed E-state index contributed by atoms with van der Waals surface area (Å²) in [7, 11) is 0. The summed E-state index contributed by atoms with van der Waals surface area (Å²) in [5, 5.41) is 3.96. The molecule has 3 heterocycles. The van der Waals surface area contributed by atoms with Crippen molar-refractivity contribution in [2.45, 2.75) is 26.2 Å². The van der Waals surface area contributed by atoms with Gasteiger partial charge >= 0.3 is 0 Å². The number of para-hydroxylation sites is 1. The van der Waals surface area contributed by atoms with Gasteiger partial charge in [-0.05, 0) is 30.4 Å². The largest absolute Gasteiger partial charge is 0.361 e. The number of nitrogens with zero attached hydrogens (tertiary/aromatic N) is 3. The van der Waals surface area contributed by atoms with E-state index in [1.807, 2.05) is 30.5 Å². The van der Waals surface area contributed by atoms with Gasteiger partial charge < -0.3 is 15.2 Å². The molecule has 6 heteroatoms. The Hall–Kier alpha value is -2.89. The van der Waals surface area contributed by atoms with Gasteiger partial charge in [0.25, 0.3) is 0 Å². The highest BCUT2D eigenvalue weighted by atomic mass is 16.1. The van der Waals surface area contributed by atoms with Crippen molar-refractivity contribution in [3.63, 3.8) is 0 Å². The summed E-state index contributed by atoms with van der Waals surface area (Å²) in [6, 6.07) is 7.98. The lowest BCUT2D eigenvalue weighted by Gasteiger charge is -2.30. The molecule has 1 aliphatic rings. The van der Waals surface area contributed by atoms with Crippen molar-refractivity contribution in [3.8, 4) is 0 Å². The molecule has 1 fully saturated rings. The SMILES string of the molecule is CC1CCN(c2ncc(NC(=O)Cc3c[nH]c4ccccc34)cn2)CC1. The molecule has 0 atom stereocenters. The summed E-state index contributed by atoms with van der Waals surface area (Å²) in [6.45, 7) is 4.27. The molecule has 1 aromatic carbocycles. The van der Waals surface area contributed by atoms with Gasteiger partial charge in [-0.2, -0.15) is 0 Å². The molecule has 3 aromatic rings. The van der Waals surface area contributed by atoms with Crippen LogP contribution in [0, 0.1) is 5.92 Å². The van der Waals surface area contributed by atoms with Gasteiger partial charge in [0.15, 0.2) is 0 Å². The number of nitrogens with one attached hydrogen (secondary N) is 2. The predicted octanol–water partition coefficient (Wildman–Crippen LogP) is 3.38. The number of amides is 1. The van der Waals surface area contributed by atoms with Crippen LogP contribution >= 0.6 is 0 Å². The molecule has 0 aliphatic carbocycles. The summed E-state index contributed by atoms with van der Waals surface area (Å²) >= 11 is 0. The number of rotatable bonds is 4. The third kappa shape index (κ3) is 3.54. The van der Waals surface area contributed by atoms with Crippen LogP contribution in [0.2, 0.25) is 0 Å². The number of hydrogen-bond donors (Lipinski definition) is 2. The normalized spacial score (nSPS) is 15.3. The standard InChI is InChI=1S/C20H23N5O/c1-14-6-8-25(9-7-14)20-22-12-16(13-23-20)24-19(26)10-15-11-21-18-5-3-2-4-17(15)18/h2-5,11-14,21H,6-10H2,1H3,(H,24,26). The van der Waals surface area contributed by atoms with Gasteiger partial charge in [-0.25, -0.2) is 9.97 Å². The monoisotopic (exact) mass is 349 g/mol. The predicted molar refractivity (Wildman–Crippen MR) is 103 cm³/mol. The molecule has 2 aromatic heterocycles. The zero-order valence-electron chi connectivity index (χ0n) is 14.9. The Balaban J connectivity index is 1.38. The maximum Gasteiger partial charge on any atom is 0.228 e. The lowest BCUT2D eigenvalue weighted by Crippen LogP contribution is -2.34. The molecule has 0 radical (unpaired) electrons. The molecule has 0 saturated carbocycles. The van der Waals surface area contributed by atoms with E-state index in [0.29, 0.717) is 12.1 Å². The number of aromatic nitrogens is 3. The minimum Gasteiger partial charge on any atom is -0.361 e. The van der Waals surface area contributed by atoms with Crippen molar-refractivity contribution in [1.82, 2.24) is 15.0 Å². The molecule has 4 rings (SSSR count). The lowest BCUT2D eigenvalue weighted by atomic mass is 10.00. The fraction of sp³-hybridized carbons (Fsp3) is 0.350. The molecule has 1 saturated heterocycles. The van der Waals surface area contributed by atoms with Gasteiger partial charge in [-0.3, -0.25) is 4.79 Å². The number of piperidine rings is 1. The van der Waals surface area contributed by atoms with Gasteiger partial charge in [-0.1, -0.05) is 25.1 Å². The lowest BCUT2D eigenvalue weighted by molar-refractivity contribution is -0.115. The molecular formula is C20H23N5O. The topological polar surface area (TPSA) is 73.9 Å². The molecular weight excluding hydrogens is 326 g/mol. The quantitative estimate of drug-likeness (QED) is 0.757. The van der Waals surface area contributed by atoms with Crippen LogP contribution < -0.4 is 10.2 Å². The first-order valence-electron chi connectivity index (χ1n) is 9.11. The van der Waals surface area contributed by atoms with Crippen LogP contribution in [0.1, 0.15) is 25.3 Å². The van der Waals surface area contributed by atoms with E-state index in [9.17, 15) is 4.79 Å². The minimum absolute atomic E-state index is 0.0714. The molecule has 6 nitrogen and oxygen atoms in total. The maximum atomic E-state index is 12.4. The first-order valence-corrected chi connectivity index (χ1v) is 9.11. The Morgan fingerprint density at radius 3 is 2.73 bits per heavy atom. The smallest absolute Gasteiger partial charge is 0.228 e. The van der Waals surface area contributed by atoms with E-state index in [1.165, 1.54) is 12.8 Å². The third-order valence-electron chi connectivity index (χ3n) is 5.01. The second kappa shape index (κ2) is 7.15. The third-order valence-corrected chi connectivity index (χ3v) is 5.01. The fourth-order valence-corrected chi connectivity index (χ4v) is 3.41. The molecule has 2 N–H and O–H groups in total. The van der Waals surface area contributed by atoms with E-state index >= 15 is 0 Å². The van der Waals surface area contributed by atoms with E-state index in [0.717, 1.165) is 41.4 Å². The number of aromatic amines is 1. The Bertz CT molecular complexity index is 894. The van der Waals surface area contributed by atoms with Gasteiger partial charge in [0.1, 0.15) is 0 Å². The highest BCUT2D eigenvalue weighted by molar-refractivity contribution is 5.95. The first kappa shape index (κ1) is 16.6. The van der Waals surface area contributed by atoms with E-state index in [-0.39, 0.29) is 5.91 Å². The number of carbonyl (C=O) groups is 1. The Morgan fingerprint density at radius 2 is 1.96 bits per heavy atom. The number of anilines is 2. The molecule has 26 heavy (non-hydrogen) atoms. The van der Waals surface area contributed by atoms with Crippen molar-refractivity contribution >= 4 is 28.4 Å². The number of benzene rings is 1. The summed E-state index contributed by atoms with van der Waals surface area (Å²) < 4.78 is 0. The summed E-state index contributed by atoms with van der Waals surface area (Å²) in [5.41, 5.74) is 2.65. The molecule has 1 aliphatic heterocycles. The Morgan fingerprint density at radius 1 is 1.23 bits per heavy atom. The van der Waals surface area contributed by atoms with Crippen molar-refractivity contribution in [2.75, 3.05) is 23.3 Å². The van der Waals surface area contributed by atoms with Crippen molar-refractivity contribution in [1.29, 1.82) is 0 Å². The van der Waals surface area contributed by atoms with E-state index in [2.05, 4.69) is 32.1 Å². The van der Waals surface area contributed by atoms with Gasteiger partial charge in [0, 0.05) is 30.2 Å². The fourth-order valence-electron chi connectivity index (χ4n) is 3.41. The van der Waals surface area contributed by atoms with Crippen LogP contribution in [-0.2, 0) is 11.2 Å². The highest BCUT2D eigenvalue weighted by Crippen LogP contribution is 2.21. The van der Waals surface area contributed by atoms with E-state index < -0.39 is 0 Å². The summed E-state index contributed by atoms with van der Waals surface area (Å²) in [6.07, 6.45) is 7.93. The average molecular weight is 349 g/mol. The van der Waals surface area contributed by atoms with E-state index in [1.54, 1.807) is 12.4 Å². The highest BCUT2D eigenvalue weighted by Gasteiger charge is 2.18. The van der Waals surface area contributed by atoms with Crippen LogP contribution in [0.3, 0.4) is 0 Å². The molecule has 0 spiro atoms. The van der Waals surface area contributed by atoms with Crippen LogP contribution in [0.5, 0.6) is 0 Å². The van der Waals surface area contributed by atoms with Gasteiger partial charge in [0.2, 0.25) is 11.9 Å². The number of hydrogen-bond acceptors (Lipinski definition) is 4. The molecule has 0 unspecified atom stereocenters. The van der Waals surface area contributed by atoms with Crippen LogP contribution in [0.25, 0.3) is 10.9 Å². The Labute approximate surface area is 152 Å². The first-order chi connectivity index (χ1) is 12.7. The zero-order chi connectivity index (χ0) is 17.9. The summed E-state index contributed by atoms with van der Waals surface area (Å²) in [5.74, 6) is 1.44. The van der Waals surface area contributed by atoms with Crippen molar-refractivity contribution in [3.05, 3.63) is 48.4 Å². The minimum atomic E-state index is -0.0714. The number of carbonyl (C=O) groups excluding carboxylic acids is 1. The van der Waals surface area contributed by atoms with Gasteiger partial charge in [0.05, 0.1) is 24.5 Å².